The minimum atomic E-state index is -4.51. The first-order chi connectivity index (χ1) is 11.2. The molecule has 0 amide bonds. The first kappa shape index (κ1) is 17.9. The van der Waals surface area contributed by atoms with Gasteiger partial charge in [-0.2, -0.15) is 13.2 Å². The van der Waals surface area contributed by atoms with Crippen molar-refractivity contribution < 1.29 is 32.5 Å². The molecular weight excluding hydrogens is 353 g/mol. The number of benzene rings is 1. The lowest BCUT2D eigenvalue weighted by atomic mass is 10.2. The molecule has 130 valence electrons. The molecule has 1 N–H and O–H groups in total. The molecule has 1 aliphatic heterocycles. The molecule has 1 heterocycles. The number of ether oxygens (including phenoxy) is 2. The van der Waals surface area contributed by atoms with Gasteiger partial charge in [-0.3, -0.25) is 0 Å². The van der Waals surface area contributed by atoms with E-state index in [4.69, 9.17) is 26.4 Å². The summed E-state index contributed by atoms with van der Waals surface area (Å²) < 4.78 is 48.8. The Bertz CT molecular complexity index is 674. The Labute approximate surface area is 139 Å². The molecule has 0 radical (unpaired) electrons. The number of aliphatic imine (C=N–C) groups is 1. The van der Waals surface area contributed by atoms with Crippen LogP contribution in [-0.4, -0.2) is 40.3 Å². The Morgan fingerprint density at radius 1 is 1.33 bits per heavy atom. The van der Waals surface area contributed by atoms with Gasteiger partial charge < -0.3 is 14.6 Å². The molecule has 24 heavy (non-hydrogen) atoms. The van der Waals surface area contributed by atoms with Crippen molar-refractivity contribution in [3.63, 3.8) is 0 Å². The zero-order valence-corrected chi connectivity index (χ0v) is 13.0. The highest BCUT2D eigenvalue weighted by Crippen LogP contribution is 2.29. The van der Waals surface area contributed by atoms with Gasteiger partial charge >= 0.3 is 18.2 Å². The summed E-state index contributed by atoms with van der Waals surface area (Å²) in [6, 6.07) is 5.58. The van der Waals surface area contributed by atoms with Crippen LogP contribution in [-0.2, 0) is 4.79 Å². The summed E-state index contributed by atoms with van der Waals surface area (Å²) in [5.41, 5.74) is -0.892. The highest BCUT2D eigenvalue weighted by atomic mass is 35.5. The van der Waals surface area contributed by atoms with E-state index >= 15 is 0 Å². The van der Waals surface area contributed by atoms with Crippen molar-refractivity contribution >= 4 is 23.8 Å². The van der Waals surface area contributed by atoms with Crippen molar-refractivity contribution in [1.82, 2.24) is 4.42 Å². The van der Waals surface area contributed by atoms with Crippen LogP contribution >= 0.6 is 11.8 Å². The van der Waals surface area contributed by atoms with Crippen molar-refractivity contribution in [3.8, 4) is 11.5 Å². The van der Waals surface area contributed by atoms with Crippen LogP contribution in [0.2, 0.25) is 0 Å². The maximum atomic E-state index is 12.6. The van der Waals surface area contributed by atoms with E-state index in [-0.39, 0.29) is 11.8 Å². The van der Waals surface area contributed by atoms with E-state index in [2.05, 4.69) is 4.99 Å². The van der Waals surface area contributed by atoms with E-state index in [0.717, 1.165) is 0 Å². The van der Waals surface area contributed by atoms with Gasteiger partial charge in [0.15, 0.2) is 6.10 Å². The fraction of sp³-hybridized carbons (Fsp3) is 0.286. The summed E-state index contributed by atoms with van der Waals surface area (Å²) in [6.07, 6.45) is -4.88. The number of rotatable bonds is 4. The predicted molar refractivity (Wildman–Crippen MR) is 78.9 cm³/mol. The predicted octanol–water partition coefficient (Wildman–Crippen LogP) is 3.19. The molecule has 2 rings (SSSR count). The number of carboxylic acids is 1. The fourth-order valence-electron chi connectivity index (χ4n) is 1.64. The number of alkyl halides is 3. The third kappa shape index (κ3) is 4.54. The van der Waals surface area contributed by atoms with Crippen LogP contribution in [0.5, 0.6) is 11.5 Å². The van der Waals surface area contributed by atoms with Gasteiger partial charge in [0.25, 0.3) is 0 Å². The largest absolute Gasteiger partial charge is 0.479 e. The molecular formula is C14H12ClF3N2O4. The molecule has 1 atom stereocenters. The first-order valence-corrected chi connectivity index (χ1v) is 6.95. The molecule has 1 aromatic rings. The van der Waals surface area contributed by atoms with Crippen LogP contribution < -0.4 is 9.47 Å². The summed E-state index contributed by atoms with van der Waals surface area (Å²) in [7, 11) is 0. The van der Waals surface area contributed by atoms with E-state index in [1.54, 1.807) is 0 Å². The van der Waals surface area contributed by atoms with Crippen molar-refractivity contribution in [2.24, 2.45) is 4.99 Å². The third-order valence-electron chi connectivity index (χ3n) is 2.91. The van der Waals surface area contributed by atoms with Crippen LogP contribution in [0.25, 0.3) is 0 Å². The number of carbonyl (C=O) groups is 1. The Morgan fingerprint density at radius 3 is 2.42 bits per heavy atom. The average Bonchev–Trinajstić information content (AvgIpc) is 2.50. The lowest BCUT2D eigenvalue weighted by Crippen LogP contribution is -2.34. The fourth-order valence-corrected chi connectivity index (χ4v) is 1.85. The Kier molecular flexibility index (Phi) is 5.23. The number of hydrogen-bond donors (Lipinski definition) is 1. The molecule has 0 fully saturated rings. The first-order valence-electron chi connectivity index (χ1n) is 6.61. The number of nitrogens with zero attached hydrogens (tertiary/aromatic N) is 2. The van der Waals surface area contributed by atoms with E-state index in [9.17, 15) is 18.0 Å². The SMILES string of the molecule is CC(Oc1ccc(OC2=NC=C(C(F)(F)F)CN2Cl)cc1)C(=O)O. The number of carboxylic acid groups (broad SMARTS) is 1. The average molecular weight is 365 g/mol. The van der Waals surface area contributed by atoms with Crippen LogP contribution in [0.1, 0.15) is 6.92 Å². The monoisotopic (exact) mass is 364 g/mol. The van der Waals surface area contributed by atoms with Crippen molar-refractivity contribution in [1.29, 1.82) is 0 Å². The molecule has 0 spiro atoms. The zero-order valence-electron chi connectivity index (χ0n) is 12.2. The van der Waals surface area contributed by atoms with Gasteiger partial charge in [-0.05, 0) is 31.2 Å². The molecule has 0 aliphatic carbocycles. The molecule has 1 aromatic carbocycles. The highest BCUT2D eigenvalue weighted by molar-refractivity contribution is 6.21. The van der Waals surface area contributed by atoms with Gasteiger partial charge in [0.05, 0.1) is 12.1 Å². The zero-order chi connectivity index (χ0) is 17.9. The lowest BCUT2D eigenvalue weighted by Gasteiger charge is -2.23. The molecule has 1 aliphatic rings. The van der Waals surface area contributed by atoms with Crippen LogP contribution in [0.3, 0.4) is 0 Å². The third-order valence-corrected chi connectivity index (χ3v) is 3.17. The summed E-state index contributed by atoms with van der Waals surface area (Å²) in [6.45, 7) is 0.778. The lowest BCUT2D eigenvalue weighted by molar-refractivity contribution is -0.144. The second-order valence-electron chi connectivity index (χ2n) is 4.76. The van der Waals surface area contributed by atoms with Gasteiger partial charge in [0.2, 0.25) is 0 Å². The standard InChI is InChI=1S/C14H12ClF3N2O4/c1-8(12(21)22)23-10-2-4-11(5-3-10)24-13-19-6-9(7-20(13)15)14(16,17)18/h2-6,8H,7H2,1H3,(H,21,22). The molecule has 1 unspecified atom stereocenters. The number of hydrogen-bond acceptors (Lipinski definition) is 5. The second-order valence-corrected chi connectivity index (χ2v) is 5.16. The maximum absolute atomic E-state index is 12.6. The van der Waals surface area contributed by atoms with Crippen molar-refractivity contribution in [3.05, 3.63) is 36.0 Å². The number of aliphatic carboxylic acids is 1. The molecule has 10 heteroatoms. The van der Waals surface area contributed by atoms with Gasteiger partial charge in [-0.25, -0.2) is 14.2 Å². The minimum absolute atomic E-state index is 0.211. The summed E-state index contributed by atoms with van der Waals surface area (Å²) in [4.78, 5) is 14.2. The number of halogens is 4. The van der Waals surface area contributed by atoms with Crippen molar-refractivity contribution in [2.45, 2.75) is 19.2 Å². The molecule has 6 nitrogen and oxygen atoms in total. The maximum Gasteiger partial charge on any atom is 0.415 e. The molecule has 0 bridgehead atoms. The van der Waals surface area contributed by atoms with E-state index < -0.39 is 30.4 Å². The second kappa shape index (κ2) is 7.00. The summed E-state index contributed by atoms with van der Waals surface area (Å²) in [5.74, 6) is -0.569. The van der Waals surface area contributed by atoms with E-state index in [1.165, 1.54) is 31.2 Å². The smallest absolute Gasteiger partial charge is 0.415 e. The van der Waals surface area contributed by atoms with Gasteiger partial charge in [0.1, 0.15) is 11.5 Å². The molecule has 0 saturated carbocycles. The number of amidine groups is 1. The van der Waals surface area contributed by atoms with Gasteiger partial charge in [-0.15, -0.1) is 0 Å². The highest BCUT2D eigenvalue weighted by Gasteiger charge is 2.37. The van der Waals surface area contributed by atoms with Crippen molar-refractivity contribution in [2.75, 3.05) is 6.54 Å². The Hall–Kier alpha value is -2.42. The van der Waals surface area contributed by atoms with E-state index in [1.807, 2.05) is 0 Å². The quantitative estimate of drug-likeness (QED) is 0.831. The Balaban J connectivity index is 2.05. The van der Waals surface area contributed by atoms with E-state index in [0.29, 0.717) is 16.4 Å². The van der Waals surface area contributed by atoms with Crippen LogP contribution in [0, 0.1) is 0 Å². The van der Waals surface area contributed by atoms with Gasteiger partial charge in [-0.1, -0.05) is 0 Å². The summed E-state index contributed by atoms with van der Waals surface area (Å²) in [5, 5.41) is 8.75. The van der Waals surface area contributed by atoms with Crippen LogP contribution in [0.4, 0.5) is 13.2 Å². The van der Waals surface area contributed by atoms with Gasteiger partial charge in [0, 0.05) is 18.0 Å². The summed E-state index contributed by atoms with van der Waals surface area (Å²) >= 11 is 5.72. The molecule has 0 saturated heterocycles. The normalized spacial score (nSPS) is 16.1. The minimum Gasteiger partial charge on any atom is -0.479 e. The van der Waals surface area contributed by atoms with Crippen LogP contribution in [0.15, 0.2) is 41.0 Å². The molecule has 0 aromatic heterocycles. The Morgan fingerprint density at radius 2 is 1.92 bits per heavy atom. The topological polar surface area (TPSA) is 71.4 Å².